The zero-order chi connectivity index (χ0) is 29.6. The molecule has 0 amide bonds. The summed E-state index contributed by atoms with van der Waals surface area (Å²) in [6.07, 6.45) is 4.27. The zero-order valence-electron chi connectivity index (χ0n) is 24.2. The molecule has 4 nitrogen and oxygen atoms in total. The number of hydrogen-bond donors (Lipinski definition) is 1. The molecule has 5 aromatic carbocycles. The molecule has 0 bridgehead atoms. The fraction of sp³-hybridized carbons (Fsp3) is 0.132. The van der Waals surface area contributed by atoms with Crippen LogP contribution in [0.15, 0.2) is 143 Å². The first-order valence-corrected chi connectivity index (χ1v) is 16.9. The molecule has 1 aromatic heterocycles. The van der Waals surface area contributed by atoms with Gasteiger partial charge in [0.15, 0.2) is 5.75 Å². The Kier molecular flexibility index (Phi) is 8.40. The van der Waals surface area contributed by atoms with E-state index in [9.17, 15) is 9.90 Å². The minimum atomic E-state index is -2.23. The molecule has 1 heterocycles. The molecule has 0 spiro atoms. The number of hydrogen-bond acceptors (Lipinski definition) is 4. The first-order chi connectivity index (χ1) is 21.1. The third-order valence-corrected chi connectivity index (χ3v) is 13.4. The SMILES string of the molecule is COc1c(O)ccc2c(=O)cc(-c3ccc(CCCC[PH](c4ccccc4)(c4ccccc4)c4ccccc4)cc3)oc12. The first-order valence-electron chi connectivity index (χ1n) is 14.7. The van der Waals surface area contributed by atoms with Crippen LogP contribution >= 0.6 is 7.26 Å². The van der Waals surface area contributed by atoms with E-state index in [2.05, 4.69) is 103 Å². The van der Waals surface area contributed by atoms with Crippen LogP contribution in [0, 0.1) is 0 Å². The minimum absolute atomic E-state index is 0.0653. The standard InChI is InChI=1S/C38H35O4P/c1-41-38-34(39)25-24-33-35(40)27-36(42-37(33)38)29-22-20-28(21-23-29)13-11-12-26-43(30-14-5-2-6-15-30,31-16-7-3-8-17-31)32-18-9-4-10-19-32/h2-10,14-25,27,39,43H,11-13,26H2,1H3. The van der Waals surface area contributed by atoms with E-state index in [1.54, 1.807) is 6.07 Å². The van der Waals surface area contributed by atoms with Gasteiger partial charge in [0.25, 0.3) is 0 Å². The van der Waals surface area contributed by atoms with Crippen molar-refractivity contribution in [2.75, 3.05) is 13.3 Å². The van der Waals surface area contributed by atoms with Crippen LogP contribution in [0.2, 0.25) is 0 Å². The molecule has 43 heavy (non-hydrogen) atoms. The van der Waals surface area contributed by atoms with Gasteiger partial charge >= 0.3 is 218 Å². The number of rotatable bonds is 10. The second-order valence-electron chi connectivity index (χ2n) is 10.9. The second kappa shape index (κ2) is 12.7. The summed E-state index contributed by atoms with van der Waals surface area (Å²) in [5.74, 6) is 0.538. The molecule has 0 atom stereocenters. The number of unbranched alkanes of at least 4 members (excludes halogenated alkanes) is 1. The van der Waals surface area contributed by atoms with Crippen molar-refractivity contribution < 1.29 is 14.3 Å². The van der Waals surface area contributed by atoms with Crippen LogP contribution in [0.25, 0.3) is 22.3 Å². The van der Waals surface area contributed by atoms with E-state index in [0.717, 1.165) is 31.0 Å². The molecule has 216 valence electrons. The van der Waals surface area contributed by atoms with Gasteiger partial charge in [0.1, 0.15) is 0 Å². The Morgan fingerprint density at radius 3 is 1.79 bits per heavy atom. The Labute approximate surface area is 252 Å². The summed E-state index contributed by atoms with van der Waals surface area (Å²) in [5, 5.41) is 14.9. The predicted molar refractivity (Wildman–Crippen MR) is 180 cm³/mol. The van der Waals surface area contributed by atoms with E-state index in [4.69, 9.17) is 9.15 Å². The quantitative estimate of drug-likeness (QED) is 0.136. The normalized spacial score (nSPS) is 11.8. The number of methoxy groups -OCH3 is 1. The Bertz CT molecular complexity index is 1770. The summed E-state index contributed by atoms with van der Waals surface area (Å²) < 4.78 is 11.4. The second-order valence-corrected chi connectivity index (χ2v) is 14.9. The van der Waals surface area contributed by atoms with E-state index in [1.165, 1.54) is 40.7 Å². The molecule has 0 saturated carbocycles. The molecular weight excluding hydrogens is 551 g/mol. The number of aromatic hydroxyl groups is 1. The molecule has 0 fully saturated rings. The van der Waals surface area contributed by atoms with Gasteiger partial charge in [-0.3, -0.25) is 0 Å². The summed E-state index contributed by atoms with van der Waals surface area (Å²) in [4.78, 5) is 12.8. The molecule has 0 saturated heterocycles. The number of fused-ring (bicyclic) bond motifs is 1. The summed E-state index contributed by atoms with van der Waals surface area (Å²) in [5.41, 5.74) is 2.11. The monoisotopic (exact) mass is 586 g/mol. The van der Waals surface area contributed by atoms with Crippen molar-refractivity contribution in [2.45, 2.75) is 19.3 Å². The summed E-state index contributed by atoms with van der Waals surface area (Å²) in [6, 6.07) is 45.9. The van der Waals surface area contributed by atoms with E-state index >= 15 is 0 Å². The van der Waals surface area contributed by atoms with Crippen LogP contribution in [0.3, 0.4) is 0 Å². The predicted octanol–water partition coefficient (Wildman–Crippen LogP) is 7.22. The van der Waals surface area contributed by atoms with Crippen LogP contribution in [0.1, 0.15) is 18.4 Å². The van der Waals surface area contributed by atoms with Gasteiger partial charge < -0.3 is 9.84 Å². The third-order valence-electron chi connectivity index (χ3n) is 8.34. The maximum absolute atomic E-state index is 12.8. The van der Waals surface area contributed by atoms with Gasteiger partial charge in [0.05, 0.1) is 7.11 Å². The van der Waals surface area contributed by atoms with E-state index in [0.29, 0.717) is 11.1 Å². The molecule has 5 heteroatoms. The van der Waals surface area contributed by atoms with Crippen molar-refractivity contribution in [2.24, 2.45) is 0 Å². The van der Waals surface area contributed by atoms with Crippen molar-refractivity contribution in [3.8, 4) is 22.8 Å². The topological polar surface area (TPSA) is 59.7 Å². The Hall–Kier alpha value is -4.66. The van der Waals surface area contributed by atoms with Gasteiger partial charge in [-0.1, -0.05) is 0 Å². The van der Waals surface area contributed by atoms with Crippen molar-refractivity contribution in [1.29, 1.82) is 0 Å². The number of phenolic OH excluding ortho intramolecular Hbond substituents is 1. The van der Waals surface area contributed by atoms with Crippen LogP contribution in [-0.4, -0.2) is 18.4 Å². The van der Waals surface area contributed by atoms with E-state index in [-0.39, 0.29) is 22.5 Å². The zero-order valence-corrected chi connectivity index (χ0v) is 25.2. The average molecular weight is 587 g/mol. The molecule has 0 unspecified atom stereocenters. The van der Waals surface area contributed by atoms with Crippen LogP contribution in [-0.2, 0) is 6.42 Å². The molecule has 6 aromatic rings. The number of benzene rings is 5. The molecule has 6 rings (SSSR count). The molecule has 0 radical (unpaired) electrons. The summed E-state index contributed by atoms with van der Waals surface area (Å²) >= 11 is 0. The fourth-order valence-electron chi connectivity index (χ4n) is 6.18. The van der Waals surface area contributed by atoms with Crippen molar-refractivity contribution in [3.05, 3.63) is 149 Å². The third kappa shape index (κ3) is 5.71. The summed E-state index contributed by atoms with van der Waals surface area (Å²) in [6.45, 7) is 0. The molecule has 0 aliphatic carbocycles. The Morgan fingerprint density at radius 2 is 1.26 bits per heavy atom. The molecule has 0 aliphatic rings. The molecule has 0 aliphatic heterocycles. The van der Waals surface area contributed by atoms with Crippen molar-refractivity contribution in [3.63, 3.8) is 0 Å². The van der Waals surface area contributed by atoms with Gasteiger partial charge in [-0.15, -0.1) is 0 Å². The maximum atomic E-state index is 12.8. The van der Waals surface area contributed by atoms with Crippen LogP contribution in [0.5, 0.6) is 11.5 Å². The van der Waals surface area contributed by atoms with E-state index in [1.807, 2.05) is 12.1 Å². The van der Waals surface area contributed by atoms with E-state index < -0.39 is 7.26 Å². The van der Waals surface area contributed by atoms with Gasteiger partial charge in [0.2, 0.25) is 0 Å². The van der Waals surface area contributed by atoms with Crippen LogP contribution in [0.4, 0.5) is 0 Å². The first kappa shape index (κ1) is 28.5. The Balaban J connectivity index is 1.22. The van der Waals surface area contributed by atoms with Crippen LogP contribution < -0.4 is 26.1 Å². The molecule has 1 N–H and O–H groups in total. The van der Waals surface area contributed by atoms with Gasteiger partial charge in [-0.05, 0) is 12.1 Å². The summed E-state index contributed by atoms with van der Waals surface area (Å²) in [7, 11) is -0.779. The Morgan fingerprint density at radius 1 is 0.698 bits per heavy atom. The number of aryl methyl sites for hydroxylation is 1. The van der Waals surface area contributed by atoms with Gasteiger partial charge in [-0.2, -0.15) is 0 Å². The van der Waals surface area contributed by atoms with Gasteiger partial charge in [0, 0.05) is 0 Å². The average Bonchev–Trinajstić information content (AvgIpc) is 3.06. The fourth-order valence-corrected chi connectivity index (χ4v) is 11.1. The van der Waals surface area contributed by atoms with Crippen molar-refractivity contribution in [1.82, 2.24) is 0 Å². The van der Waals surface area contributed by atoms with Crippen molar-refractivity contribution >= 4 is 34.1 Å². The molecular formula is C38H35O4P. The number of phenols is 1. The van der Waals surface area contributed by atoms with Gasteiger partial charge in [-0.25, -0.2) is 0 Å². The number of ether oxygens (including phenoxy) is 1.